The Morgan fingerprint density at radius 1 is 1.22 bits per heavy atom. The highest BCUT2D eigenvalue weighted by Gasteiger charge is 2.66. The summed E-state index contributed by atoms with van der Waals surface area (Å²) in [4.78, 5) is 17.5. The highest BCUT2D eigenvalue weighted by Crippen LogP contribution is 2.63. The van der Waals surface area contributed by atoms with E-state index in [1.165, 1.54) is 5.56 Å². The zero-order valence-electron chi connectivity index (χ0n) is 18.7. The van der Waals surface area contributed by atoms with Gasteiger partial charge in [-0.1, -0.05) is 30.3 Å². The van der Waals surface area contributed by atoms with E-state index in [0.29, 0.717) is 17.7 Å². The number of hydrogen-bond donors (Lipinski definition) is 1. The Balaban J connectivity index is 1.36. The maximum atomic E-state index is 13.2. The van der Waals surface area contributed by atoms with E-state index in [9.17, 15) is 9.90 Å². The van der Waals surface area contributed by atoms with Crippen molar-refractivity contribution in [2.45, 2.75) is 49.3 Å². The fourth-order valence-corrected chi connectivity index (χ4v) is 7.13. The van der Waals surface area contributed by atoms with Crippen molar-refractivity contribution in [1.82, 2.24) is 9.80 Å². The van der Waals surface area contributed by atoms with Crippen LogP contribution >= 0.6 is 0 Å². The van der Waals surface area contributed by atoms with Crippen LogP contribution in [0.1, 0.15) is 36.0 Å². The first kappa shape index (κ1) is 19.9. The zero-order chi connectivity index (χ0) is 22.0. The van der Waals surface area contributed by atoms with Crippen molar-refractivity contribution in [3.05, 3.63) is 65.2 Å². The fourth-order valence-electron chi connectivity index (χ4n) is 7.13. The van der Waals surface area contributed by atoms with Crippen LogP contribution in [-0.2, 0) is 16.6 Å². The Kier molecular flexibility index (Phi) is 4.41. The molecule has 32 heavy (non-hydrogen) atoms. The smallest absolute Gasteiger partial charge is 0.246 e. The number of carbonyl (C=O) groups is 1. The standard InChI is InChI=1S/C27H30N2O3/c1-28-15-14-27-19-9-10-20(29(2)24(31)13-8-17-6-4-3-5-7-17)26(27)32-23-12-11-22(30)18(25(23)27)16-21(19)28/h3-8,11-13,19-21,26,30H,9-10,14-16H2,1-2H3/t19-,20+,21+,26-,27-/m0/s1. The number of carbonyl (C=O) groups excluding carboxylic acids is 1. The summed E-state index contributed by atoms with van der Waals surface area (Å²) in [7, 11) is 4.13. The van der Waals surface area contributed by atoms with E-state index >= 15 is 0 Å². The number of piperidine rings is 1. The van der Waals surface area contributed by atoms with E-state index < -0.39 is 0 Å². The first-order valence-corrected chi connectivity index (χ1v) is 11.7. The van der Waals surface area contributed by atoms with Crippen LogP contribution in [0, 0.1) is 5.92 Å². The Morgan fingerprint density at radius 3 is 2.84 bits per heavy atom. The minimum absolute atomic E-state index is 0.0108. The Bertz CT molecular complexity index is 1100. The second kappa shape index (κ2) is 7.11. The Hall–Kier alpha value is -2.79. The number of nitrogens with zero attached hydrogens (tertiary/aromatic N) is 2. The molecule has 2 bridgehead atoms. The Morgan fingerprint density at radius 2 is 2.03 bits per heavy atom. The monoisotopic (exact) mass is 430 g/mol. The summed E-state index contributed by atoms with van der Waals surface area (Å²) in [6.07, 6.45) is 7.41. The van der Waals surface area contributed by atoms with Gasteiger partial charge in [0.25, 0.3) is 0 Å². The molecule has 4 aliphatic rings. The van der Waals surface area contributed by atoms with Gasteiger partial charge in [-0.2, -0.15) is 0 Å². The maximum Gasteiger partial charge on any atom is 0.246 e. The molecule has 1 spiro atoms. The summed E-state index contributed by atoms with van der Waals surface area (Å²) in [6, 6.07) is 14.1. The number of benzene rings is 2. The highest BCUT2D eigenvalue weighted by atomic mass is 16.5. The van der Waals surface area contributed by atoms with Crippen LogP contribution < -0.4 is 4.74 Å². The van der Waals surface area contributed by atoms with E-state index in [1.54, 1.807) is 12.1 Å². The molecule has 5 nitrogen and oxygen atoms in total. The van der Waals surface area contributed by atoms with Gasteiger partial charge in [0.05, 0.1) is 6.04 Å². The zero-order valence-corrected chi connectivity index (χ0v) is 18.7. The molecule has 2 heterocycles. The van der Waals surface area contributed by atoms with Crippen molar-refractivity contribution in [1.29, 1.82) is 0 Å². The van der Waals surface area contributed by atoms with Gasteiger partial charge in [-0.25, -0.2) is 0 Å². The van der Waals surface area contributed by atoms with E-state index in [-0.39, 0.29) is 23.5 Å². The first-order valence-electron chi connectivity index (χ1n) is 11.7. The van der Waals surface area contributed by atoms with E-state index in [4.69, 9.17) is 4.74 Å². The number of aromatic hydroxyl groups is 1. The molecule has 1 amide bonds. The maximum absolute atomic E-state index is 13.2. The van der Waals surface area contributed by atoms with E-state index in [1.807, 2.05) is 54.4 Å². The van der Waals surface area contributed by atoms with Crippen molar-refractivity contribution < 1.29 is 14.6 Å². The SMILES string of the molecule is CN1CC[C@@]23c4c5ccc(O)c4C[C@@H]1[C@@H]2CC[C@@H](N(C)C(=O)C=Cc1ccccc1)[C@@H]3O5. The molecule has 6 rings (SSSR count). The molecule has 2 aromatic carbocycles. The number of amides is 1. The second-order valence-electron chi connectivity index (χ2n) is 9.96. The molecule has 2 aliphatic heterocycles. The number of likely N-dealkylation sites (N-methyl/N-ethyl adjacent to an activating group) is 2. The highest BCUT2D eigenvalue weighted by molar-refractivity contribution is 5.92. The third kappa shape index (κ3) is 2.64. The van der Waals surface area contributed by atoms with Gasteiger partial charge in [0.1, 0.15) is 17.6 Å². The van der Waals surface area contributed by atoms with Crippen LogP contribution in [0.15, 0.2) is 48.5 Å². The number of ether oxygens (including phenoxy) is 1. The van der Waals surface area contributed by atoms with Crippen LogP contribution in [0.5, 0.6) is 11.5 Å². The van der Waals surface area contributed by atoms with Crippen molar-refractivity contribution >= 4 is 12.0 Å². The summed E-state index contributed by atoms with van der Waals surface area (Å²) in [5.41, 5.74) is 3.21. The molecule has 5 atom stereocenters. The third-order valence-corrected chi connectivity index (χ3v) is 8.65. The lowest BCUT2D eigenvalue weighted by atomic mass is 9.51. The molecule has 2 fully saturated rings. The topological polar surface area (TPSA) is 53.0 Å². The van der Waals surface area contributed by atoms with Gasteiger partial charge in [-0.15, -0.1) is 0 Å². The summed E-state index contributed by atoms with van der Waals surface area (Å²) >= 11 is 0. The number of hydrogen-bond acceptors (Lipinski definition) is 4. The Labute approximate surface area is 189 Å². The molecule has 1 saturated heterocycles. The van der Waals surface area contributed by atoms with Gasteiger partial charge in [0.2, 0.25) is 5.91 Å². The first-order chi connectivity index (χ1) is 15.5. The van der Waals surface area contributed by atoms with Gasteiger partial charge in [0, 0.05) is 35.7 Å². The molecule has 0 unspecified atom stereocenters. The molecular weight excluding hydrogens is 400 g/mol. The van der Waals surface area contributed by atoms with Crippen LogP contribution in [0.4, 0.5) is 0 Å². The van der Waals surface area contributed by atoms with E-state index in [2.05, 4.69) is 11.9 Å². The molecular formula is C27H30N2O3. The quantitative estimate of drug-likeness (QED) is 0.756. The lowest BCUT2D eigenvalue weighted by Crippen LogP contribution is -2.68. The van der Waals surface area contributed by atoms with Crippen molar-refractivity contribution in [2.75, 3.05) is 20.6 Å². The van der Waals surface area contributed by atoms with E-state index in [0.717, 1.165) is 49.1 Å². The molecule has 5 heteroatoms. The molecule has 0 radical (unpaired) electrons. The minimum atomic E-state index is -0.112. The lowest BCUT2D eigenvalue weighted by Gasteiger charge is -2.59. The van der Waals surface area contributed by atoms with Gasteiger partial charge in [-0.05, 0) is 69.0 Å². The van der Waals surface area contributed by atoms with Crippen LogP contribution in [0.2, 0.25) is 0 Å². The lowest BCUT2D eigenvalue weighted by molar-refractivity contribution is -0.134. The van der Waals surface area contributed by atoms with Gasteiger partial charge in [0.15, 0.2) is 0 Å². The predicted octanol–water partition coefficient (Wildman–Crippen LogP) is 3.60. The number of likely N-dealkylation sites (tertiary alicyclic amines) is 1. The molecule has 0 aromatic heterocycles. The molecule has 2 aliphatic carbocycles. The number of phenols is 1. The largest absolute Gasteiger partial charge is 0.508 e. The molecule has 2 aromatic rings. The van der Waals surface area contributed by atoms with Crippen LogP contribution in [0.3, 0.4) is 0 Å². The van der Waals surface area contributed by atoms with Gasteiger partial charge < -0.3 is 19.6 Å². The van der Waals surface area contributed by atoms with Crippen LogP contribution in [0.25, 0.3) is 6.08 Å². The average Bonchev–Trinajstić information content (AvgIpc) is 3.15. The average molecular weight is 431 g/mol. The third-order valence-electron chi connectivity index (χ3n) is 8.65. The molecule has 1 N–H and O–H groups in total. The molecule has 166 valence electrons. The van der Waals surface area contributed by atoms with Crippen molar-refractivity contribution in [3.63, 3.8) is 0 Å². The van der Waals surface area contributed by atoms with Crippen molar-refractivity contribution in [3.8, 4) is 11.5 Å². The minimum Gasteiger partial charge on any atom is -0.508 e. The number of phenolic OH excluding ortho intramolecular Hbond substituents is 1. The summed E-state index contributed by atoms with van der Waals surface area (Å²) < 4.78 is 6.67. The summed E-state index contributed by atoms with van der Waals surface area (Å²) in [6.45, 7) is 1.02. The van der Waals surface area contributed by atoms with Crippen LogP contribution in [-0.4, -0.2) is 59.6 Å². The molecule has 1 saturated carbocycles. The summed E-state index contributed by atoms with van der Waals surface area (Å²) in [5.74, 6) is 1.82. The number of rotatable bonds is 3. The summed E-state index contributed by atoms with van der Waals surface area (Å²) in [5, 5.41) is 10.7. The van der Waals surface area contributed by atoms with Gasteiger partial charge >= 0.3 is 0 Å². The van der Waals surface area contributed by atoms with Gasteiger partial charge in [-0.3, -0.25) is 4.79 Å². The fraction of sp³-hybridized carbons (Fsp3) is 0.444. The second-order valence-corrected chi connectivity index (χ2v) is 9.96. The predicted molar refractivity (Wildman–Crippen MR) is 124 cm³/mol. The van der Waals surface area contributed by atoms with Crippen molar-refractivity contribution in [2.24, 2.45) is 5.92 Å². The normalized spacial score (nSPS) is 32.4.